The number of hydrogen-bond donors (Lipinski definition) is 1. The van der Waals surface area contributed by atoms with E-state index in [0.29, 0.717) is 12.4 Å². The van der Waals surface area contributed by atoms with Crippen molar-refractivity contribution in [3.63, 3.8) is 0 Å². The molecule has 17 heavy (non-hydrogen) atoms. The summed E-state index contributed by atoms with van der Waals surface area (Å²) in [6, 6.07) is 2.06. The van der Waals surface area contributed by atoms with E-state index in [1.807, 2.05) is 11.7 Å². The Hall–Kier alpha value is -1.62. The Labute approximate surface area is 101 Å². The second-order valence-corrected chi connectivity index (χ2v) is 3.84. The molecule has 5 heteroatoms. The number of aryl methyl sites for hydroxylation is 2. The van der Waals surface area contributed by atoms with E-state index in [1.165, 1.54) is 0 Å². The lowest BCUT2D eigenvalue weighted by Gasteiger charge is -2.00. The molecule has 0 aliphatic rings. The highest BCUT2D eigenvalue weighted by Gasteiger charge is 2.12. The van der Waals surface area contributed by atoms with Crippen molar-refractivity contribution in [3.8, 4) is 11.5 Å². The molecule has 0 unspecified atom stereocenters. The average Bonchev–Trinajstić information content (AvgIpc) is 2.94. The fraction of sp³-hybridized carbons (Fsp3) is 0.500. The van der Waals surface area contributed by atoms with Gasteiger partial charge in [-0.25, -0.2) is 4.98 Å². The molecule has 0 bridgehead atoms. The van der Waals surface area contributed by atoms with Crippen LogP contribution < -0.4 is 5.32 Å². The zero-order valence-electron chi connectivity index (χ0n) is 10.5. The second kappa shape index (κ2) is 5.14. The van der Waals surface area contributed by atoms with Gasteiger partial charge in [-0.05, 0) is 26.5 Å². The minimum Gasteiger partial charge on any atom is -0.438 e. The molecule has 1 N–H and O–H groups in total. The van der Waals surface area contributed by atoms with Crippen LogP contribution in [-0.2, 0) is 19.5 Å². The zero-order chi connectivity index (χ0) is 12.3. The third-order valence-electron chi connectivity index (χ3n) is 2.63. The number of oxazole rings is 1. The second-order valence-electron chi connectivity index (χ2n) is 3.84. The molecule has 2 rings (SSSR count). The first kappa shape index (κ1) is 11.9. The first-order chi connectivity index (χ1) is 8.28. The molecule has 0 radical (unpaired) electrons. The predicted molar refractivity (Wildman–Crippen MR) is 65.5 cm³/mol. The summed E-state index contributed by atoms with van der Waals surface area (Å²) in [5.74, 6) is 1.48. The van der Waals surface area contributed by atoms with E-state index < -0.39 is 0 Å². The predicted octanol–water partition coefficient (Wildman–Crippen LogP) is 1.84. The van der Waals surface area contributed by atoms with Crippen molar-refractivity contribution in [2.24, 2.45) is 0 Å². The summed E-state index contributed by atoms with van der Waals surface area (Å²) in [5.41, 5.74) is 2.08. The van der Waals surface area contributed by atoms with Gasteiger partial charge in [0.15, 0.2) is 5.76 Å². The molecule has 2 heterocycles. The SMILES string of the molecule is CCc1cc(-c2cnc(CNC)o2)n(CC)n1. The van der Waals surface area contributed by atoms with E-state index in [0.717, 1.165) is 30.1 Å². The van der Waals surface area contributed by atoms with E-state index in [1.54, 1.807) is 6.20 Å². The molecule has 0 atom stereocenters. The van der Waals surface area contributed by atoms with Gasteiger partial charge >= 0.3 is 0 Å². The summed E-state index contributed by atoms with van der Waals surface area (Å²) >= 11 is 0. The molecule has 5 nitrogen and oxygen atoms in total. The van der Waals surface area contributed by atoms with Crippen LogP contribution in [0.3, 0.4) is 0 Å². The Balaban J connectivity index is 2.33. The van der Waals surface area contributed by atoms with Crippen LogP contribution in [0.5, 0.6) is 0 Å². The number of rotatable bonds is 5. The van der Waals surface area contributed by atoms with Crippen LogP contribution in [0.4, 0.5) is 0 Å². The number of hydrogen-bond acceptors (Lipinski definition) is 4. The van der Waals surface area contributed by atoms with E-state index in [9.17, 15) is 0 Å². The lowest BCUT2D eigenvalue weighted by Crippen LogP contribution is -2.04. The van der Waals surface area contributed by atoms with Crippen LogP contribution in [0.25, 0.3) is 11.5 Å². The van der Waals surface area contributed by atoms with Crippen molar-refractivity contribution in [2.75, 3.05) is 7.05 Å². The molecular weight excluding hydrogens is 216 g/mol. The molecule has 0 amide bonds. The van der Waals surface area contributed by atoms with Crippen LogP contribution in [-0.4, -0.2) is 21.8 Å². The van der Waals surface area contributed by atoms with Gasteiger partial charge < -0.3 is 9.73 Å². The first-order valence-electron chi connectivity index (χ1n) is 5.94. The molecule has 0 aliphatic carbocycles. The highest BCUT2D eigenvalue weighted by atomic mass is 16.4. The molecule has 0 saturated carbocycles. The first-order valence-corrected chi connectivity index (χ1v) is 5.94. The van der Waals surface area contributed by atoms with Crippen molar-refractivity contribution in [3.05, 3.63) is 23.8 Å². The third-order valence-corrected chi connectivity index (χ3v) is 2.63. The maximum atomic E-state index is 5.68. The molecule has 2 aromatic heterocycles. The lowest BCUT2D eigenvalue weighted by atomic mass is 10.3. The van der Waals surface area contributed by atoms with Crippen molar-refractivity contribution in [1.82, 2.24) is 20.1 Å². The smallest absolute Gasteiger partial charge is 0.208 e. The Morgan fingerprint density at radius 3 is 2.88 bits per heavy atom. The van der Waals surface area contributed by atoms with Crippen molar-refractivity contribution in [2.45, 2.75) is 33.4 Å². The minimum absolute atomic E-state index is 0.640. The highest BCUT2D eigenvalue weighted by Crippen LogP contribution is 2.21. The van der Waals surface area contributed by atoms with Gasteiger partial charge in [0.25, 0.3) is 0 Å². The topological polar surface area (TPSA) is 55.9 Å². The lowest BCUT2D eigenvalue weighted by molar-refractivity contribution is 0.485. The Bertz CT molecular complexity index is 486. The molecule has 0 aromatic carbocycles. The molecule has 0 fully saturated rings. The molecular formula is C12H18N4O. The van der Waals surface area contributed by atoms with Crippen LogP contribution in [0, 0.1) is 0 Å². The third kappa shape index (κ3) is 2.39. The van der Waals surface area contributed by atoms with Crippen LogP contribution in [0.1, 0.15) is 25.4 Å². The zero-order valence-corrected chi connectivity index (χ0v) is 10.5. The molecule has 92 valence electrons. The molecule has 2 aromatic rings. The molecule has 0 aliphatic heterocycles. The summed E-state index contributed by atoms with van der Waals surface area (Å²) in [7, 11) is 1.87. The fourth-order valence-corrected chi connectivity index (χ4v) is 1.74. The summed E-state index contributed by atoms with van der Waals surface area (Å²) in [5, 5.41) is 7.51. The monoisotopic (exact) mass is 234 g/mol. The average molecular weight is 234 g/mol. The number of aromatic nitrogens is 3. The maximum Gasteiger partial charge on any atom is 0.208 e. The Morgan fingerprint density at radius 2 is 2.24 bits per heavy atom. The van der Waals surface area contributed by atoms with Crippen LogP contribution in [0.15, 0.2) is 16.7 Å². The quantitative estimate of drug-likeness (QED) is 0.857. The standard InChI is InChI=1S/C12H18N4O/c1-4-9-6-10(16(5-2)15-9)11-7-14-12(17-11)8-13-3/h6-7,13H,4-5,8H2,1-3H3. The molecule has 0 spiro atoms. The fourth-order valence-electron chi connectivity index (χ4n) is 1.74. The number of nitrogens with one attached hydrogen (secondary N) is 1. The van der Waals surface area contributed by atoms with Crippen molar-refractivity contribution in [1.29, 1.82) is 0 Å². The van der Waals surface area contributed by atoms with E-state index >= 15 is 0 Å². The van der Waals surface area contributed by atoms with Gasteiger partial charge in [0, 0.05) is 6.54 Å². The summed E-state index contributed by atoms with van der Waals surface area (Å²) in [6.07, 6.45) is 2.69. The van der Waals surface area contributed by atoms with Gasteiger partial charge in [0.05, 0.1) is 18.4 Å². The minimum atomic E-state index is 0.640. The number of nitrogens with zero attached hydrogens (tertiary/aromatic N) is 3. The van der Waals surface area contributed by atoms with Crippen LogP contribution in [0.2, 0.25) is 0 Å². The maximum absolute atomic E-state index is 5.68. The summed E-state index contributed by atoms with van der Waals surface area (Å²) in [6.45, 7) is 5.64. The van der Waals surface area contributed by atoms with E-state index in [4.69, 9.17) is 4.42 Å². The van der Waals surface area contributed by atoms with Crippen molar-refractivity contribution < 1.29 is 4.42 Å². The Morgan fingerprint density at radius 1 is 1.41 bits per heavy atom. The largest absolute Gasteiger partial charge is 0.438 e. The molecule has 0 saturated heterocycles. The van der Waals surface area contributed by atoms with Gasteiger partial charge in [0.1, 0.15) is 5.69 Å². The van der Waals surface area contributed by atoms with Gasteiger partial charge in [0.2, 0.25) is 5.89 Å². The van der Waals surface area contributed by atoms with Gasteiger partial charge in [-0.2, -0.15) is 5.10 Å². The highest BCUT2D eigenvalue weighted by molar-refractivity contribution is 5.52. The normalized spacial score (nSPS) is 11.0. The van der Waals surface area contributed by atoms with Gasteiger partial charge in [-0.15, -0.1) is 0 Å². The summed E-state index contributed by atoms with van der Waals surface area (Å²) < 4.78 is 7.62. The Kier molecular flexibility index (Phi) is 3.58. The summed E-state index contributed by atoms with van der Waals surface area (Å²) in [4.78, 5) is 4.22. The van der Waals surface area contributed by atoms with Gasteiger partial charge in [-0.3, -0.25) is 4.68 Å². The van der Waals surface area contributed by atoms with Gasteiger partial charge in [-0.1, -0.05) is 6.92 Å². The van der Waals surface area contributed by atoms with E-state index in [-0.39, 0.29) is 0 Å². The van der Waals surface area contributed by atoms with E-state index in [2.05, 4.69) is 35.3 Å². The van der Waals surface area contributed by atoms with Crippen molar-refractivity contribution >= 4 is 0 Å². The van der Waals surface area contributed by atoms with Crippen LogP contribution >= 0.6 is 0 Å².